The van der Waals surface area contributed by atoms with Crippen molar-refractivity contribution in [2.75, 3.05) is 0 Å². The molecule has 0 fully saturated rings. The molecule has 0 rings (SSSR count). The van der Waals surface area contributed by atoms with E-state index in [1.165, 1.54) is 0 Å². The van der Waals surface area contributed by atoms with Gasteiger partial charge in [-0.1, -0.05) is 0 Å². The summed E-state index contributed by atoms with van der Waals surface area (Å²) in [5.74, 6) is 0. The first-order valence-electron chi connectivity index (χ1n) is 3.08. The molecule has 0 spiro atoms. The molecule has 0 radical (unpaired) electrons. The number of aliphatic hydroxyl groups excluding tert-OH is 1. The third-order valence-corrected chi connectivity index (χ3v) is 1.26. The van der Waals surface area contributed by atoms with Crippen molar-refractivity contribution in [1.29, 1.82) is 0 Å². The summed E-state index contributed by atoms with van der Waals surface area (Å²) in [4.78, 5) is 0. The van der Waals surface area contributed by atoms with Crippen LogP contribution >= 0.6 is 0 Å². The SMILES string of the molecule is CC(N)C(O)C(C)(C)N. The molecule has 9 heavy (non-hydrogen) atoms. The molecule has 2 unspecified atom stereocenters. The number of nitrogens with two attached hydrogens (primary N) is 2. The second kappa shape index (κ2) is 2.64. The average molecular weight is 132 g/mol. The summed E-state index contributed by atoms with van der Waals surface area (Å²) in [5, 5.41) is 9.21. The van der Waals surface area contributed by atoms with E-state index in [1.54, 1.807) is 20.8 Å². The van der Waals surface area contributed by atoms with Crippen molar-refractivity contribution in [2.45, 2.75) is 38.5 Å². The van der Waals surface area contributed by atoms with Gasteiger partial charge in [-0.25, -0.2) is 0 Å². The Morgan fingerprint density at radius 2 is 1.78 bits per heavy atom. The van der Waals surface area contributed by atoms with Gasteiger partial charge in [-0.3, -0.25) is 0 Å². The predicted octanol–water partition coefficient (Wildman–Crippen LogP) is -0.568. The maximum Gasteiger partial charge on any atom is 0.0861 e. The van der Waals surface area contributed by atoms with Crippen LogP contribution in [0.5, 0.6) is 0 Å². The van der Waals surface area contributed by atoms with Crippen LogP contribution in [-0.2, 0) is 0 Å². The zero-order valence-corrected chi connectivity index (χ0v) is 6.26. The van der Waals surface area contributed by atoms with Gasteiger partial charge < -0.3 is 16.6 Å². The molecule has 0 aromatic carbocycles. The lowest BCUT2D eigenvalue weighted by atomic mass is 9.94. The Morgan fingerprint density at radius 3 is 1.78 bits per heavy atom. The molecule has 0 aliphatic rings. The van der Waals surface area contributed by atoms with Gasteiger partial charge in [0.05, 0.1) is 6.10 Å². The van der Waals surface area contributed by atoms with Gasteiger partial charge in [-0.2, -0.15) is 0 Å². The Hall–Kier alpha value is -0.120. The summed E-state index contributed by atoms with van der Waals surface area (Å²) >= 11 is 0. The van der Waals surface area contributed by atoms with Gasteiger partial charge in [0, 0.05) is 11.6 Å². The van der Waals surface area contributed by atoms with Crippen molar-refractivity contribution < 1.29 is 5.11 Å². The van der Waals surface area contributed by atoms with E-state index < -0.39 is 11.6 Å². The lowest BCUT2D eigenvalue weighted by molar-refractivity contribution is 0.0840. The quantitative estimate of drug-likeness (QED) is 0.471. The highest BCUT2D eigenvalue weighted by Crippen LogP contribution is 2.06. The van der Waals surface area contributed by atoms with Crippen molar-refractivity contribution in [3.63, 3.8) is 0 Å². The molecule has 3 nitrogen and oxygen atoms in total. The molecule has 5 N–H and O–H groups in total. The Morgan fingerprint density at radius 1 is 1.44 bits per heavy atom. The highest BCUT2D eigenvalue weighted by atomic mass is 16.3. The van der Waals surface area contributed by atoms with Crippen molar-refractivity contribution in [1.82, 2.24) is 0 Å². The van der Waals surface area contributed by atoms with Crippen LogP contribution in [0.2, 0.25) is 0 Å². The molecule has 0 aliphatic heterocycles. The Labute approximate surface area is 56.0 Å². The van der Waals surface area contributed by atoms with E-state index in [0.29, 0.717) is 0 Å². The monoisotopic (exact) mass is 132 g/mol. The molecule has 0 heterocycles. The highest BCUT2D eigenvalue weighted by molar-refractivity contribution is 4.86. The Kier molecular flexibility index (Phi) is 2.61. The van der Waals surface area contributed by atoms with Gasteiger partial charge in [0.1, 0.15) is 0 Å². The first kappa shape index (κ1) is 8.88. The van der Waals surface area contributed by atoms with E-state index in [4.69, 9.17) is 11.5 Å². The van der Waals surface area contributed by atoms with Crippen LogP contribution in [-0.4, -0.2) is 22.8 Å². The fraction of sp³-hybridized carbons (Fsp3) is 1.00. The number of hydrogen-bond acceptors (Lipinski definition) is 3. The van der Waals surface area contributed by atoms with Crippen LogP contribution in [0.25, 0.3) is 0 Å². The molecule has 0 amide bonds. The van der Waals surface area contributed by atoms with Crippen LogP contribution in [0.15, 0.2) is 0 Å². The van der Waals surface area contributed by atoms with Gasteiger partial charge in [-0.05, 0) is 20.8 Å². The van der Waals surface area contributed by atoms with Gasteiger partial charge >= 0.3 is 0 Å². The average Bonchev–Trinajstić information content (AvgIpc) is 1.62. The second-order valence-electron chi connectivity index (χ2n) is 3.13. The second-order valence-corrected chi connectivity index (χ2v) is 3.13. The van der Waals surface area contributed by atoms with Crippen LogP contribution in [0.3, 0.4) is 0 Å². The summed E-state index contributed by atoms with van der Waals surface area (Å²) in [6.07, 6.45) is -0.627. The fourth-order valence-electron chi connectivity index (χ4n) is 0.678. The maximum absolute atomic E-state index is 9.21. The van der Waals surface area contributed by atoms with Crippen LogP contribution in [0, 0.1) is 0 Å². The first-order chi connectivity index (χ1) is 3.85. The van der Waals surface area contributed by atoms with Crippen molar-refractivity contribution in [2.24, 2.45) is 11.5 Å². The summed E-state index contributed by atoms with van der Waals surface area (Å²) in [6, 6.07) is -0.259. The summed E-state index contributed by atoms with van der Waals surface area (Å²) in [7, 11) is 0. The van der Waals surface area contributed by atoms with E-state index >= 15 is 0 Å². The molecular formula is C6H16N2O. The standard InChI is InChI=1S/C6H16N2O/c1-4(7)5(9)6(2,3)8/h4-5,9H,7-8H2,1-3H3. The van der Waals surface area contributed by atoms with E-state index in [-0.39, 0.29) is 6.04 Å². The molecule has 0 aromatic heterocycles. The van der Waals surface area contributed by atoms with E-state index in [0.717, 1.165) is 0 Å². The van der Waals surface area contributed by atoms with Crippen molar-refractivity contribution in [3.8, 4) is 0 Å². The van der Waals surface area contributed by atoms with Gasteiger partial charge in [-0.15, -0.1) is 0 Å². The lowest BCUT2D eigenvalue weighted by Gasteiger charge is -2.28. The minimum atomic E-state index is -0.627. The van der Waals surface area contributed by atoms with Crippen LogP contribution in [0.1, 0.15) is 20.8 Å². The third kappa shape index (κ3) is 2.79. The number of aliphatic hydroxyl groups is 1. The van der Waals surface area contributed by atoms with Crippen LogP contribution in [0.4, 0.5) is 0 Å². The van der Waals surface area contributed by atoms with Gasteiger partial charge in [0.15, 0.2) is 0 Å². The van der Waals surface area contributed by atoms with Gasteiger partial charge in [0.2, 0.25) is 0 Å². The minimum Gasteiger partial charge on any atom is -0.390 e. The molecule has 3 heteroatoms. The summed E-state index contributed by atoms with van der Waals surface area (Å²) in [5.41, 5.74) is 10.4. The molecule has 0 aromatic rings. The zero-order valence-electron chi connectivity index (χ0n) is 6.26. The Bertz CT molecular complexity index is 85.5. The first-order valence-corrected chi connectivity index (χ1v) is 3.08. The summed E-state index contributed by atoms with van der Waals surface area (Å²) in [6.45, 7) is 5.24. The van der Waals surface area contributed by atoms with Crippen LogP contribution < -0.4 is 11.5 Å². The van der Waals surface area contributed by atoms with Crippen molar-refractivity contribution >= 4 is 0 Å². The summed E-state index contributed by atoms with van der Waals surface area (Å²) < 4.78 is 0. The zero-order chi connectivity index (χ0) is 7.65. The highest BCUT2D eigenvalue weighted by Gasteiger charge is 2.25. The van der Waals surface area contributed by atoms with E-state index in [1.807, 2.05) is 0 Å². The fourth-order valence-corrected chi connectivity index (χ4v) is 0.678. The molecule has 56 valence electrons. The lowest BCUT2D eigenvalue weighted by Crippen LogP contribution is -2.53. The van der Waals surface area contributed by atoms with Crippen molar-refractivity contribution in [3.05, 3.63) is 0 Å². The van der Waals surface area contributed by atoms with E-state index in [2.05, 4.69) is 0 Å². The van der Waals surface area contributed by atoms with Gasteiger partial charge in [0.25, 0.3) is 0 Å². The molecule has 0 aliphatic carbocycles. The molecule has 0 saturated heterocycles. The van der Waals surface area contributed by atoms with E-state index in [9.17, 15) is 5.11 Å². The topological polar surface area (TPSA) is 72.3 Å². The normalized spacial score (nSPS) is 19.3. The largest absolute Gasteiger partial charge is 0.390 e. The number of hydrogen-bond donors (Lipinski definition) is 3. The minimum absolute atomic E-state index is 0.259. The third-order valence-electron chi connectivity index (χ3n) is 1.26. The Balaban J connectivity index is 3.88. The number of rotatable bonds is 2. The molecular weight excluding hydrogens is 116 g/mol. The molecule has 0 bridgehead atoms. The maximum atomic E-state index is 9.21. The molecule has 2 atom stereocenters. The predicted molar refractivity (Wildman–Crippen MR) is 37.9 cm³/mol. The molecule has 0 saturated carbocycles. The smallest absolute Gasteiger partial charge is 0.0861 e.